The van der Waals surface area contributed by atoms with Crippen LogP contribution in [0.2, 0.25) is 0 Å². The van der Waals surface area contributed by atoms with Crippen molar-refractivity contribution in [3.63, 3.8) is 0 Å². The van der Waals surface area contributed by atoms with Gasteiger partial charge in [-0.3, -0.25) is 4.79 Å². The molecule has 0 amide bonds. The Morgan fingerprint density at radius 3 is 2.12 bits per heavy atom. The van der Waals surface area contributed by atoms with Crippen molar-refractivity contribution in [2.75, 3.05) is 26.2 Å². The van der Waals surface area contributed by atoms with Crippen LogP contribution in [-0.2, 0) is 9.53 Å². The molecule has 150 valence electrons. The van der Waals surface area contributed by atoms with E-state index in [1.165, 1.54) is 57.8 Å². The van der Waals surface area contributed by atoms with Crippen molar-refractivity contribution < 1.29 is 9.53 Å². The van der Waals surface area contributed by atoms with Crippen molar-refractivity contribution in [2.24, 2.45) is 5.41 Å². The van der Waals surface area contributed by atoms with Crippen LogP contribution in [0.1, 0.15) is 97.8 Å². The van der Waals surface area contributed by atoms with Crippen molar-refractivity contribution in [2.45, 2.75) is 97.8 Å². The van der Waals surface area contributed by atoms with Gasteiger partial charge < -0.3 is 9.64 Å². The smallest absolute Gasteiger partial charge is 0.312 e. The molecule has 1 rings (SSSR count). The molecule has 0 spiro atoms. The molecular weight excluding hydrogens is 334 g/mol. The lowest BCUT2D eigenvalue weighted by Gasteiger charge is -2.35. The minimum Gasteiger partial charge on any atom is -0.464 e. The normalized spacial score (nSPS) is 16.5. The largest absolute Gasteiger partial charge is 0.464 e. The van der Waals surface area contributed by atoms with E-state index in [4.69, 9.17) is 4.74 Å². The summed E-state index contributed by atoms with van der Waals surface area (Å²) in [6.07, 6.45) is 14.6. The fourth-order valence-electron chi connectivity index (χ4n) is 3.99. The molecule has 0 radical (unpaired) electrons. The number of carbonyl (C=O) groups is 1. The molecule has 25 heavy (non-hydrogen) atoms. The second kappa shape index (κ2) is 14.8. The lowest BCUT2D eigenvalue weighted by molar-refractivity contribution is -0.159. The van der Waals surface area contributed by atoms with Gasteiger partial charge in [-0.1, -0.05) is 78.6 Å². The molecule has 0 bridgehead atoms. The van der Waals surface area contributed by atoms with Crippen LogP contribution in [-0.4, -0.2) is 37.1 Å². The fourth-order valence-corrected chi connectivity index (χ4v) is 3.99. The maximum atomic E-state index is 12.8. The van der Waals surface area contributed by atoms with E-state index in [1.54, 1.807) is 0 Å². The second-order valence-electron chi connectivity index (χ2n) is 7.52. The van der Waals surface area contributed by atoms with Crippen LogP contribution in [0.4, 0.5) is 0 Å². The average molecular weight is 376 g/mol. The number of nitrogens with zero attached hydrogens (tertiary/aromatic N) is 1. The predicted octanol–water partition coefficient (Wildman–Crippen LogP) is 5.99. The van der Waals surface area contributed by atoms with Crippen LogP contribution < -0.4 is 0 Å². The van der Waals surface area contributed by atoms with Crippen LogP contribution >= 0.6 is 12.4 Å². The first-order valence-electron chi connectivity index (χ1n) is 10.6. The molecule has 1 fully saturated rings. The van der Waals surface area contributed by atoms with Gasteiger partial charge in [-0.2, -0.15) is 0 Å². The van der Waals surface area contributed by atoms with E-state index in [-0.39, 0.29) is 23.8 Å². The molecule has 0 atom stereocenters. The van der Waals surface area contributed by atoms with E-state index in [1.807, 2.05) is 0 Å². The van der Waals surface area contributed by atoms with Gasteiger partial charge >= 0.3 is 5.97 Å². The number of likely N-dealkylation sites (N-methyl/N-ethyl adjacent to an activating group) is 1. The number of unbranched alkanes of at least 4 members (excludes halogenated alkanes) is 5. The maximum Gasteiger partial charge on any atom is 0.312 e. The quantitative estimate of drug-likeness (QED) is 0.292. The van der Waals surface area contributed by atoms with Crippen molar-refractivity contribution in [3.05, 3.63) is 0 Å². The van der Waals surface area contributed by atoms with Crippen LogP contribution in [0, 0.1) is 5.41 Å². The van der Waals surface area contributed by atoms with E-state index < -0.39 is 0 Å². The molecule has 0 N–H and O–H groups in total. The Kier molecular flexibility index (Phi) is 14.7. The number of halogens is 1. The molecule has 0 aromatic heterocycles. The summed E-state index contributed by atoms with van der Waals surface area (Å²) in [4.78, 5) is 15.1. The van der Waals surface area contributed by atoms with Gasteiger partial charge in [0.15, 0.2) is 0 Å². The van der Waals surface area contributed by atoms with E-state index >= 15 is 0 Å². The lowest BCUT2D eigenvalue weighted by atomic mass is 9.71. The van der Waals surface area contributed by atoms with Crippen molar-refractivity contribution in [3.8, 4) is 0 Å². The van der Waals surface area contributed by atoms with Gasteiger partial charge in [-0.15, -0.1) is 12.4 Å². The number of esters is 1. The number of hydrogen-bond acceptors (Lipinski definition) is 3. The Balaban J connectivity index is 0.00000576. The molecule has 0 heterocycles. The van der Waals surface area contributed by atoms with E-state index in [0.29, 0.717) is 6.61 Å². The Hall–Kier alpha value is -0.280. The van der Waals surface area contributed by atoms with Gasteiger partial charge in [-0.25, -0.2) is 0 Å². The topological polar surface area (TPSA) is 29.5 Å². The lowest BCUT2D eigenvalue weighted by Crippen LogP contribution is -2.37. The number of carbonyl (C=O) groups excluding carboxylic acids is 1. The van der Waals surface area contributed by atoms with Crippen LogP contribution in [0.25, 0.3) is 0 Å². The van der Waals surface area contributed by atoms with Gasteiger partial charge in [0.1, 0.15) is 6.61 Å². The Bertz CT molecular complexity index is 326. The molecule has 0 aliphatic heterocycles. The van der Waals surface area contributed by atoms with E-state index in [2.05, 4.69) is 25.7 Å². The van der Waals surface area contributed by atoms with Gasteiger partial charge in [0.2, 0.25) is 0 Å². The van der Waals surface area contributed by atoms with Crippen LogP contribution in [0.5, 0.6) is 0 Å². The summed E-state index contributed by atoms with van der Waals surface area (Å²) in [5.74, 6) is 0.0999. The standard InChI is InChI=1S/C21H41NO2.ClH/c1-4-7-8-9-10-12-15-21(16-13-11-14-17-21)20(23)24-19-18-22(5-2)6-3;/h4-19H2,1-3H3;1H. The highest BCUT2D eigenvalue weighted by Gasteiger charge is 2.40. The summed E-state index contributed by atoms with van der Waals surface area (Å²) in [5, 5.41) is 0. The zero-order chi connectivity index (χ0) is 17.7. The van der Waals surface area contributed by atoms with Gasteiger partial charge in [0.05, 0.1) is 5.41 Å². The second-order valence-corrected chi connectivity index (χ2v) is 7.52. The highest BCUT2D eigenvalue weighted by Crippen LogP contribution is 2.41. The monoisotopic (exact) mass is 375 g/mol. The first-order valence-corrected chi connectivity index (χ1v) is 10.6. The molecule has 1 aliphatic rings. The first kappa shape index (κ1) is 24.7. The molecule has 1 aliphatic carbocycles. The van der Waals surface area contributed by atoms with Gasteiger partial charge in [0.25, 0.3) is 0 Å². The third-order valence-electron chi connectivity index (χ3n) is 5.79. The van der Waals surface area contributed by atoms with Crippen molar-refractivity contribution in [1.29, 1.82) is 0 Å². The zero-order valence-electron chi connectivity index (χ0n) is 17.0. The fraction of sp³-hybridized carbons (Fsp3) is 0.952. The summed E-state index contributed by atoms with van der Waals surface area (Å²) >= 11 is 0. The highest BCUT2D eigenvalue weighted by atomic mass is 35.5. The average Bonchev–Trinajstić information content (AvgIpc) is 2.62. The Labute approximate surface area is 162 Å². The first-order chi connectivity index (χ1) is 11.7. The molecule has 0 aromatic carbocycles. The van der Waals surface area contributed by atoms with Crippen molar-refractivity contribution >= 4 is 18.4 Å². The third kappa shape index (κ3) is 9.28. The summed E-state index contributed by atoms with van der Waals surface area (Å²) in [6, 6.07) is 0. The van der Waals surface area contributed by atoms with Gasteiger partial charge in [-0.05, 0) is 32.4 Å². The molecule has 1 saturated carbocycles. The Morgan fingerprint density at radius 2 is 1.52 bits per heavy atom. The summed E-state index contributed by atoms with van der Waals surface area (Å²) in [5.41, 5.74) is -0.160. The van der Waals surface area contributed by atoms with Gasteiger partial charge in [0, 0.05) is 6.54 Å². The third-order valence-corrected chi connectivity index (χ3v) is 5.79. The minimum atomic E-state index is -0.160. The molecular formula is C21H42ClNO2. The highest BCUT2D eigenvalue weighted by molar-refractivity contribution is 5.85. The molecule has 3 nitrogen and oxygen atoms in total. The summed E-state index contributed by atoms with van der Waals surface area (Å²) in [6.45, 7) is 10.0. The maximum absolute atomic E-state index is 12.8. The van der Waals surface area contributed by atoms with E-state index in [9.17, 15) is 4.79 Å². The number of hydrogen-bond donors (Lipinski definition) is 0. The molecule has 4 heteroatoms. The number of ether oxygens (including phenoxy) is 1. The Morgan fingerprint density at radius 1 is 0.920 bits per heavy atom. The van der Waals surface area contributed by atoms with Crippen LogP contribution in [0.3, 0.4) is 0 Å². The number of rotatable bonds is 13. The van der Waals surface area contributed by atoms with Crippen molar-refractivity contribution in [1.82, 2.24) is 4.90 Å². The SMILES string of the molecule is CCCCCCCCC1(C(=O)OCCN(CC)CC)CCCCC1.Cl. The van der Waals surface area contributed by atoms with Crippen LogP contribution in [0.15, 0.2) is 0 Å². The van der Waals surface area contributed by atoms with E-state index in [0.717, 1.165) is 38.9 Å². The molecule has 0 unspecified atom stereocenters. The zero-order valence-corrected chi connectivity index (χ0v) is 17.8. The molecule has 0 aromatic rings. The summed E-state index contributed by atoms with van der Waals surface area (Å²) in [7, 11) is 0. The predicted molar refractivity (Wildman–Crippen MR) is 110 cm³/mol. The minimum absolute atomic E-state index is 0. The summed E-state index contributed by atoms with van der Waals surface area (Å²) < 4.78 is 5.73. The molecule has 0 saturated heterocycles.